The Labute approximate surface area is 182 Å². The first kappa shape index (κ1) is 19.6. The zero-order chi connectivity index (χ0) is 21.5. The van der Waals surface area contributed by atoms with Crippen LogP contribution in [0, 0.1) is 6.92 Å². The average molecular weight is 436 g/mol. The molecule has 0 saturated heterocycles. The predicted octanol–water partition coefficient (Wildman–Crippen LogP) is 4.20. The number of anilines is 1. The minimum atomic E-state index is -1.02. The van der Waals surface area contributed by atoms with Gasteiger partial charge in [-0.15, -0.1) is 11.3 Å². The third-order valence-corrected chi connectivity index (χ3v) is 6.91. The second-order valence-corrected chi connectivity index (χ2v) is 8.84. The molecule has 158 valence electrons. The van der Waals surface area contributed by atoms with Crippen molar-refractivity contribution in [2.24, 2.45) is 0 Å². The lowest BCUT2D eigenvalue weighted by atomic mass is 9.73. The maximum atomic E-state index is 13.4. The molecule has 0 bridgehead atoms. The topological polar surface area (TPSA) is 104 Å². The van der Waals surface area contributed by atoms with Crippen LogP contribution in [0.2, 0.25) is 0 Å². The summed E-state index contributed by atoms with van der Waals surface area (Å²) >= 11 is 1.69. The molecule has 3 N–H and O–H groups in total. The molecule has 3 heterocycles. The number of hydrogen-bond donors (Lipinski definition) is 3. The number of carboxylic acid groups (broad SMARTS) is 1. The van der Waals surface area contributed by atoms with E-state index < -0.39 is 12.6 Å². The molecule has 5 rings (SSSR count). The number of aryl methyl sites for hydroxylation is 1. The number of fused-ring (bicyclic) bond motifs is 1. The minimum Gasteiger partial charge on any atom is -0.482 e. The summed E-state index contributed by atoms with van der Waals surface area (Å²) in [5, 5.41) is 21.8. The number of nitrogens with zero attached hydrogens (tertiary/aromatic N) is 1. The fourth-order valence-electron chi connectivity index (χ4n) is 4.52. The standard InChI is InChI=1S/C23H21N3O4S/c1-12-20-21(13-4-6-15(7-5-13)30-11-19(28)29)22-16(24-23(20)26-25-12)9-14(10-17(22)27)18-3-2-8-31-18/h2-8,14,21H,9-11H2,1H3,(H,28,29)(H2,24,25,26)/t14-,21+/m1/s1. The van der Waals surface area contributed by atoms with Gasteiger partial charge in [-0.1, -0.05) is 18.2 Å². The van der Waals surface area contributed by atoms with Crippen molar-refractivity contribution in [3.8, 4) is 5.75 Å². The first-order chi connectivity index (χ1) is 15.0. The van der Waals surface area contributed by atoms with Gasteiger partial charge in [0.05, 0.1) is 0 Å². The van der Waals surface area contributed by atoms with Gasteiger partial charge in [0.1, 0.15) is 5.75 Å². The number of aromatic nitrogens is 2. The number of nitrogens with one attached hydrogen (secondary N) is 2. The van der Waals surface area contributed by atoms with Crippen LogP contribution in [-0.4, -0.2) is 33.7 Å². The number of aliphatic carboxylic acids is 1. The molecule has 0 radical (unpaired) electrons. The Hall–Kier alpha value is -3.39. The van der Waals surface area contributed by atoms with Crippen molar-refractivity contribution >= 4 is 28.9 Å². The van der Waals surface area contributed by atoms with Crippen LogP contribution in [-0.2, 0) is 9.59 Å². The molecule has 7 nitrogen and oxygen atoms in total. The lowest BCUT2D eigenvalue weighted by Crippen LogP contribution is -2.29. The summed E-state index contributed by atoms with van der Waals surface area (Å²) in [6.45, 7) is 1.56. The van der Waals surface area contributed by atoms with Gasteiger partial charge in [-0.3, -0.25) is 9.89 Å². The monoisotopic (exact) mass is 435 g/mol. The number of H-pyrrole nitrogens is 1. The van der Waals surface area contributed by atoms with Gasteiger partial charge in [0.2, 0.25) is 0 Å². The van der Waals surface area contributed by atoms with Gasteiger partial charge in [-0.05, 0) is 42.5 Å². The summed E-state index contributed by atoms with van der Waals surface area (Å²) in [4.78, 5) is 25.4. The molecular weight excluding hydrogens is 414 g/mol. The molecule has 2 aliphatic rings. The highest BCUT2D eigenvalue weighted by molar-refractivity contribution is 7.10. The Kier molecular flexibility index (Phi) is 4.86. The number of rotatable bonds is 5. The third-order valence-electron chi connectivity index (χ3n) is 5.87. The van der Waals surface area contributed by atoms with Crippen LogP contribution in [0.15, 0.2) is 53.0 Å². The molecular formula is C23H21N3O4S. The predicted molar refractivity (Wildman–Crippen MR) is 117 cm³/mol. The van der Waals surface area contributed by atoms with E-state index in [1.807, 2.05) is 30.5 Å². The van der Waals surface area contributed by atoms with E-state index in [9.17, 15) is 9.59 Å². The van der Waals surface area contributed by atoms with Gasteiger partial charge in [-0.2, -0.15) is 5.10 Å². The molecule has 0 fully saturated rings. The number of carbonyl (C=O) groups excluding carboxylic acids is 1. The van der Waals surface area contributed by atoms with E-state index >= 15 is 0 Å². The Morgan fingerprint density at radius 1 is 1.26 bits per heavy atom. The molecule has 2 aromatic heterocycles. The molecule has 1 aromatic carbocycles. The summed E-state index contributed by atoms with van der Waals surface area (Å²) in [6, 6.07) is 11.4. The summed E-state index contributed by atoms with van der Waals surface area (Å²) in [7, 11) is 0. The summed E-state index contributed by atoms with van der Waals surface area (Å²) in [5.41, 5.74) is 4.57. The average Bonchev–Trinajstić information content (AvgIpc) is 3.42. The molecule has 0 amide bonds. The second kappa shape index (κ2) is 7.70. The Balaban J connectivity index is 1.54. The number of ether oxygens (including phenoxy) is 1. The zero-order valence-electron chi connectivity index (χ0n) is 16.8. The number of Topliss-reactive ketones (excluding diaryl/α,β-unsaturated/α-hetero) is 1. The number of benzene rings is 1. The molecule has 31 heavy (non-hydrogen) atoms. The Morgan fingerprint density at radius 2 is 2.06 bits per heavy atom. The van der Waals surface area contributed by atoms with Gasteiger partial charge >= 0.3 is 5.97 Å². The fraction of sp³-hybridized carbons (Fsp3) is 0.261. The molecule has 8 heteroatoms. The highest BCUT2D eigenvalue weighted by atomic mass is 32.1. The fourth-order valence-corrected chi connectivity index (χ4v) is 5.35. The number of carbonyl (C=O) groups is 2. The first-order valence-electron chi connectivity index (χ1n) is 10.1. The maximum absolute atomic E-state index is 13.4. The van der Waals surface area contributed by atoms with E-state index in [1.54, 1.807) is 23.5 Å². The molecule has 1 aliphatic carbocycles. The largest absolute Gasteiger partial charge is 0.482 e. The van der Waals surface area contributed by atoms with Gasteiger partial charge in [0.25, 0.3) is 0 Å². The van der Waals surface area contributed by atoms with E-state index in [1.165, 1.54) is 4.88 Å². The maximum Gasteiger partial charge on any atom is 0.341 e. The smallest absolute Gasteiger partial charge is 0.341 e. The lowest BCUT2D eigenvalue weighted by molar-refractivity contribution is -0.139. The summed E-state index contributed by atoms with van der Waals surface area (Å²) in [6.07, 6.45) is 1.26. The van der Waals surface area contributed by atoms with Crippen molar-refractivity contribution in [2.45, 2.75) is 31.6 Å². The Morgan fingerprint density at radius 3 is 2.77 bits per heavy atom. The van der Waals surface area contributed by atoms with Crippen LogP contribution in [0.3, 0.4) is 0 Å². The van der Waals surface area contributed by atoms with E-state index in [2.05, 4.69) is 21.6 Å². The molecule has 1 aliphatic heterocycles. The Bertz CT molecular complexity index is 1180. The summed E-state index contributed by atoms with van der Waals surface area (Å²) in [5.74, 6) is 0.305. The van der Waals surface area contributed by atoms with Crippen molar-refractivity contribution in [1.29, 1.82) is 0 Å². The quantitative estimate of drug-likeness (QED) is 0.555. The van der Waals surface area contributed by atoms with E-state index in [-0.39, 0.29) is 17.6 Å². The molecule has 0 spiro atoms. The highest BCUT2D eigenvalue weighted by Gasteiger charge is 2.40. The zero-order valence-corrected chi connectivity index (χ0v) is 17.7. The van der Waals surface area contributed by atoms with Crippen LogP contribution in [0.25, 0.3) is 0 Å². The molecule has 0 saturated carbocycles. The van der Waals surface area contributed by atoms with Gasteiger partial charge in [-0.25, -0.2) is 4.79 Å². The highest BCUT2D eigenvalue weighted by Crippen LogP contribution is 2.48. The molecule has 2 atom stereocenters. The minimum absolute atomic E-state index is 0.148. The van der Waals surface area contributed by atoms with Crippen LogP contribution in [0.5, 0.6) is 5.75 Å². The van der Waals surface area contributed by atoms with E-state index in [0.717, 1.165) is 40.3 Å². The van der Waals surface area contributed by atoms with Gasteiger partial charge in [0.15, 0.2) is 18.2 Å². The van der Waals surface area contributed by atoms with Gasteiger partial charge < -0.3 is 15.2 Å². The normalized spacial score (nSPS) is 20.1. The van der Waals surface area contributed by atoms with Gasteiger partial charge in [0, 0.05) is 45.7 Å². The van der Waals surface area contributed by atoms with Crippen molar-refractivity contribution in [3.63, 3.8) is 0 Å². The lowest BCUT2D eigenvalue weighted by Gasteiger charge is -2.34. The van der Waals surface area contributed by atoms with Crippen LogP contribution in [0.4, 0.5) is 5.82 Å². The molecule has 3 aromatic rings. The summed E-state index contributed by atoms with van der Waals surface area (Å²) < 4.78 is 5.26. The SMILES string of the molecule is Cc1[nH]nc2c1[C@H](c1ccc(OCC(=O)O)cc1)C1=C(C[C@@H](c3cccs3)CC1=O)N2. The number of allylic oxidation sites excluding steroid dienone is 2. The number of hydrogen-bond acceptors (Lipinski definition) is 6. The number of carboxylic acids is 1. The van der Waals surface area contributed by atoms with E-state index in [4.69, 9.17) is 9.84 Å². The number of thiophene rings is 1. The van der Waals surface area contributed by atoms with Crippen molar-refractivity contribution in [3.05, 3.63) is 74.7 Å². The molecule has 0 unspecified atom stereocenters. The van der Waals surface area contributed by atoms with Crippen LogP contribution >= 0.6 is 11.3 Å². The van der Waals surface area contributed by atoms with E-state index in [0.29, 0.717) is 12.2 Å². The number of ketones is 1. The number of aromatic amines is 1. The van der Waals surface area contributed by atoms with Crippen molar-refractivity contribution in [2.75, 3.05) is 11.9 Å². The second-order valence-electron chi connectivity index (χ2n) is 7.86. The van der Waals surface area contributed by atoms with Crippen LogP contribution < -0.4 is 10.1 Å². The van der Waals surface area contributed by atoms with Crippen molar-refractivity contribution < 1.29 is 19.4 Å². The third kappa shape index (κ3) is 3.53. The van der Waals surface area contributed by atoms with Crippen molar-refractivity contribution in [1.82, 2.24) is 10.2 Å². The first-order valence-corrected chi connectivity index (χ1v) is 10.9. The van der Waals surface area contributed by atoms with Crippen LogP contribution in [0.1, 0.15) is 46.4 Å².